The van der Waals surface area contributed by atoms with E-state index >= 15 is 0 Å². The molecule has 3 fully saturated rings. The Morgan fingerprint density at radius 3 is 0.980 bits per heavy atom. The number of hydrogen-bond acceptors (Lipinski definition) is 18. The Morgan fingerprint density at radius 1 is 0.354 bits per heavy atom. The number of carbonyl (C=O) groups excluding carboxylic acids is 1. The molecular weight excluding hydrogens is 1260 g/mol. The van der Waals surface area contributed by atoms with Gasteiger partial charge in [-0.25, -0.2) is 0 Å². The number of carbonyl (C=O) groups is 1. The Morgan fingerprint density at radius 2 is 0.636 bits per heavy atom. The van der Waals surface area contributed by atoms with E-state index in [1.807, 2.05) is 0 Å². The maximum Gasteiger partial charge on any atom is 0.220 e. The van der Waals surface area contributed by atoms with Gasteiger partial charge in [0.1, 0.15) is 73.2 Å². The number of aliphatic hydroxyl groups excluding tert-OH is 11. The third-order valence-corrected chi connectivity index (χ3v) is 21.1. The minimum Gasteiger partial charge on any atom is -0.394 e. The average molecular weight is 1420 g/mol. The Kier molecular flexibility index (Phi) is 57.1. The normalized spacial score (nSPS) is 26.6. The van der Waals surface area contributed by atoms with Gasteiger partial charge in [-0.3, -0.25) is 4.79 Å². The van der Waals surface area contributed by atoms with E-state index in [1.54, 1.807) is 0 Å². The first-order chi connectivity index (χ1) is 48.3. The molecule has 3 rings (SSSR count). The van der Waals surface area contributed by atoms with Crippen LogP contribution in [0, 0.1) is 0 Å². The highest BCUT2D eigenvalue weighted by atomic mass is 16.8. The molecule has 19 heteroatoms. The monoisotopic (exact) mass is 1420 g/mol. The Bertz CT molecular complexity index is 1840. The van der Waals surface area contributed by atoms with Crippen LogP contribution in [0.2, 0.25) is 0 Å². The SMILES string of the molecule is CCCCCCCCCC/C=C\CCCCCCCCCCCCCCCC(=O)NC(COC1OC(CO)C(OC2OC(CO)C(OC3OC(CO)C(O)C(O)C3O)C(O)C2O)C(O)C1O)C(O)CCCCCCCCCCCCCCCCCCCCCCCCCCCCCCC. The van der Waals surface area contributed by atoms with Crippen molar-refractivity contribution in [2.45, 2.75) is 465 Å². The Labute approximate surface area is 601 Å². The van der Waals surface area contributed by atoms with E-state index in [0.29, 0.717) is 12.8 Å². The number of amides is 1. The fourth-order valence-electron chi connectivity index (χ4n) is 14.4. The lowest BCUT2D eigenvalue weighted by molar-refractivity contribution is -0.379. The van der Waals surface area contributed by atoms with Crippen LogP contribution in [0.1, 0.15) is 361 Å². The first kappa shape index (κ1) is 91.7. The van der Waals surface area contributed by atoms with Crippen LogP contribution in [0.3, 0.4) is 0 Å². The summed E-state index contributed by atoms with van der Waals surface area (Å²) in [4.78, 5) is 13.5. The van der Waals surface area contributed by atoms with Crippen LogP contribution in [0.4, 0.5) is 0 Å². The average Bonchev–Trinajstić information content (AvgIpc) is 0.755. The number of aliphatic hydroxyl groups is 11. The van der Waals surface area contributed by atoms with Crippen molar-refractivity contribution in [1.29, 1.82) is 0 Å². The van der Waals surface area contributed by atoms with E-state index in [4.69, 9.17) is 28.4 Å². The molecule has 0 aromatic heterocycles. The van der Waals surface area contributed by atoms with Crippen molar-refractivity contribution >= 4 is 5.91 Å². The number of nitrogens with one attached hydrogen (secondary N) is 1. The molecule has 19 nitrogen and oxygen atoms in total. The summed E-state index contributed by atoms with van der Waals surface area (Å²) in [7, 11) is 0. The maximum absolute atomic E-state index is 13.5. The van der Waals surface area contributed by atoms with E-state index in [0.717, 1.165) is 44.9 Å². The molecule has 0 aromatic rings. The largest absolute Gasteiger partial charge is 0.394 e. The number of ether oxygens (including phenoxy) is 6. The van der Waals surface area contributed by atoms with Gasteiger partial charge in [-0.2, -0.15) is 0 Å². The van der Waals surface area contributed by atoms with Crippen molar-refractivity contribution in [2.24, 2.45) is 0 Å². The van der Waals surface area contributed by atoms with Crippen molar-refractivity contribution in [2.75, 3.05) is 26.4 Å². The van der Waals surface area contributed by atoms with E-state index in [2.05, 4.69) is 31.3 Å². The quantitative estimate of drug-likeness (QED) is 0.0199. The lowest BCUT2D eigenvalue weighted by atomic mass is 9.96. The van der Waals surface area contributed by atoms with Gasteiger partial charge in [0, 0.05) is 6.42 Å². The molecule has 3 aliphatic heterocycles. The summed E-state index contributed by atoms with van der Waals surface area (Å²) in [6.45, 7) is 1.87. The molecule has 0 bridgehead atoms. The van der Waals surface area contributed by atoms with Crippen LogP contribution in [0.5, 0.6) is 0 Å². The van der Waals surface area contributed by atoms with Gasteiger partial charge in [-0.1, -0.05) is 328 Å². The van der Waals surface area contributed by atoms with Gasteiger partial charge in [0.05, 0.1) is 38.6 Å². The lowest BCUT2D eigenvalue weighted by Crippen LogP contribution is -2.66. The molecule has 0 aliphatic carbocycles. The molecule has 586 valence electrons. The topological polar surface area (TPSA) is 307 Å². The van der Waals surface area contributed by atoms with Crippen molar-refractivity contribution < 1.29 is 89.4 Å². The van der Waals surface area contributed by atoms with Crippen LogP contribution in [-0.4, -0.2) is 193 Å². The Hall–Kier alpha value is -1.47. The van der Waals surface area contributed by atoms with E-state index in [-0.39, 0.29) is 18.9 Å². The maximum atomic E-state index is 13.5. The zero-order valence-electron chi connectivity index (χ0n) is 62.8. The summed E-state index contributed by atoms with van der Waals surface area (Å²) in [6, 6.07) is -0.886. The smallest absolute Gasteiger partial charge is 0.220 e. The van der Waals surface area contributed by atoms with Gasteiger partial charge in [0.25, 0.3) is 0 Å². The van der Waals surface area contributed by atoms with Crippen LogP contribution >= 0.6 is 0 Å². The fourth-order valence-corrected chi connectivity index (χ4v) is 14.4. The lowest BCUT2D eigenvalue weighted by Gasteiger charge is -2.48. The zero-order chi connectivity index (χ0) is 71.8. The highest BCUT2D eigenvalue weighted by Gasteiger charge is 2.54. The van der Waals surface area contributed by atoms with Gasteiger partial charge in [-0.05, 0) is 38.5 Å². The summed E-state index contributed by atoms with van der Waals surface area (Å²) in [5, 5.41) is 121. The second-order valence-corrected chi connectivity index (χ2v) is 29.9. The van der Waals surface area contributed by atoms with Crippen molar-refractivity contribution in [3.05, 3.63) is 12.2 Å². The second kappa shape index (κ2) is 61.7. The van der Waals surface area contributed by atoms with Crippen molar-refractivity contribution in [3.63, 3.8) is 0 Å². The summed E-state index contributed by atoms with van der Waals surface area (Å²) in [5.41, 5.74) is 0. The summed E-state index contributed by atoms with van der Waals surface area (Å²) >= 11 is 0. The molecule has 3 heterocycles. The number of rotatable bonds is 67. The van der Waals surface area contributed by atoms with E-state index < -0.39 is 124 Å². The molecule has 12 N–H and O–H groups in total. The predicted octanol–water partition coefficient (Wildman–Crippen LogP) is 14.0. The van der Waals surface area contributed by atoms with Gasteiger partial charge in [-0.15, -0.1) is 0 Å². The van der Waals surface area contributed by atoms with Crippen LogP contribution in [0.25, 0.3) is 0 Å². The van der Waals surface area contributed by atoms with Crippen LogP contribution < -0.4 is 5.32 Å². The minimum atomic E-state index is -1.97. The van der Waals surface area contributed by atoms with Gasteiger partial charge in [0.15, 0.2) is 18.9 Å². The molecule has 17 unspecified atom stereocenters. The molecule has 99 heavy (non-hydrogen) atoms. The molecule has 3 saturated heterocycles. The standard InChI is InChI=1S/C80H153NO18/c1-3-5-7-9-11-13-15-17-19-21-23-25-27-29-30-31-32-34-35-37-39-41-43-45-47-49-51-53-55-57-64(85)63(81-68(86)58-56-54-52-50-48-46-44-42-40-38-36-33-28-26-24-22-20-18-16-14-12-10-8-6-4-2)62-94-78-74(92)71(89)76(66(60-83)96-78)99-80-75(93)72(90)77(67(61-84)97-80)98-79-73(91)70(88)69(87)65(59-82)95-79/h22,24,63-67,69-80,82-85,87-93H,3-21,23,25-62H2,1-2H3,(H,81,86)/b24-22-. The van der Waals surface area contributed by atoms with Gasteiger partial charge in [0.2, 0.25) is 5.91 Å². The zero-order valence-corrected chi connectivity index (χ0v) is 62.8. The molecule has 0 radical (unpaired) electrons. The molecule has 17 atom stereocenters. The second-order valence-electron chi connectivity index (χ2n) is 29.9. The van der Waals surface area contributed by atoms with Crippen LogP contribution in [0.15, 0.2) is 12.2 Å². The third-order valence-electron chi connectivity index (χ3n) is 21.1. The minimum absolute atomic E-state index is 0.235. The Balaban J connectivity index is 1.36. The van der Waals surface area contributed by atoms with Gasteiger partial charge < -0.3 is 89.9 Å². The summed E-state index contributed by atoms with van der Waals surface area (Å²) in [6.07, 6.45) is 45.9. The van der Waals surface area contributed by atoms with Crippen LogP contribution in [-0.2, 0) is 33.2 Å². The molecule has 0 saturated carbocycles. The molecule has 0 spiro atoms. The number of unbranched alkanes of at least 4 members (excludes halogenated alkanes) is 49. The molecule has 0 aromatic carbocycles. The van der Waals surface area contributed by atoms with Crippen molar-refractivity contribution in [3.8, 4) is 0 Å². The van der Waals surface area contributed by atoms with E-state index in [9.17, 15) is 61.0 Å². The highest BCUT2D eigenvalue weighted by molar-refractivity contribution is 5.76. The van der Waals surface area contributed by atoms with E-state index in [1.165, 1.54) is 283 Å². The first-order valence-electron chi connectivity index (χ1n) is 41.4. The first-order valence-corrected chi connectivity index (χ1v) is 41.4. The number of allylic oxidation sites excluding steroid dienone is 2. The highest BCUT2D eigenvalue weighted by Crippen LogP contribution is 2.33. The molecule has 1 amide bonds. The predicted molar refractivity (Wildman–Crippen MR) is 393 cm³/mol. The summed E-state index contributed by atoms with van der Waals surface area (Å²) < 4.78 is 34.6. The molecular formula is C80H153NO18. The molecule has 3 aliphatic rings. The number of hydrogen-bond donors (Lipinski definition) is 12. The fraction of sp³-hybridized carbons (Fsp3) is 0.963. The third kappa shape index (κ3) is 41.9. The van der Waals surface area contributed by atoms with Gasteiger partial charge >= 0.3 is 0 Å². The van der Waals surface area contributed by atoms with Crippen molar-refractivity contribution in [1.82, 2.24) is 5.32 Å². The summed E-state index contributed by atoms with van der Waals surface area (Å²) in [5.74, 6) is -0.235.